The molecule has 11 heteroatoms. The summed E-state index contributed by atoms with van der Waals surface area (Å²) in [5, 5.41) is 7.80. The van der Waals surface area contributed by atoms with Gasteiger partial charge >= 0.3 is 0 Å². The molecule has 2 aromatic heterocycles. The second-order valence-electron chi connectivity index (χ2n) is 10.2. The maximum Gasteiger partial charge on any atom is 0.196 e. The molecule has 1 aliphatic heterocycles. The Balaban J connectivity index is 1.32. The van der Waals surface area contributed by atoms with Gasteiger partial charge in [0.1, 0.15) is 10.6 Å². The van der Waals surface area contributed by atoms with Crippen LogP contribution in [0.15, 0.2) is 70.2 Å². The molecule has 1 aliphatic rings. The van der Waals surface area contributed by atoms with Gasteiger partial charge in [0.05, 0.1) is 16.8 Å². The second-order valence-corrected chi connectivity index (χ2v) is 12.7. The maximum absolute atomic E-state index is 12.6. The van der Waals surface area contributed by atoms with Crippen LogP contribution >= 0.6 is 0 Å². The molecule has 4 aromatic rings. The molecule has 1 saturated heterocycles. The van der Waals surface area contributed by atoms with Crippen molar-refractivity contribution < 1.29 is 17.7 Å². The Morgan fingerprint density at radius 2 is 1.64 bits per heavy atom. The molecule has 39 heavy (non-hydrogen) atoms. The minimum atomic E-state index is -3.68. The van der Waals surface area contributed by atoms with Crippen molar-refractivity contribution in [2.45, 2.75) is 49.0 Å². The van der Waals surface area contributed by atoms with E-state index in [1.54, 1.807) is 18.2 Å². The van der Waals surface area contributed by atoms with Gasteiger partial charge in [0.15, 0.2) is 27.1 Å². The van der Waals surface area contributed by atoms with Crippen LogP contribution in [0.25, 0.3) is 34.0 Å². The van der Waals surface area contributed by atoms with Crippen molar-refractivity contribution in [2.75, 3.05) is 18.9 Å². The Kier molecular flexibility index (Phi) is 7.50. The Morgan fingerprint density at radius 3 is 2.31 bits per heavy atom. The SMILES string of the molecule is CC(C)(N)S(=O)(=O)c1ccc(-c2cnc(N)c(-c3cc(-c4ccc(CNC5CCOCC5)cc4)no3)n2)cc1. The molecular formula is C28H32N6O4S. The molecule has 2 aromatic carbocycles. The van der Waals surface area contributed by atoms with Gasteiger partial charge in [0.25, 0.3) is 0 Å². The quantitative estimate of drug-likeness (QED) is 0.296. The zero-order chi connectivity index (χ0) is 27.6. The van der Waals surface area contributed by atoms with Crippen LogP contribution in [0, 0.1) is 0 Å². The van der Waals surface area contributed by atoms with Crippen molar-refractivity contribution >= 4 is 15.7 Å². The smallest absolute Gasteiger partial charge is 0.196 e. The van der Waals surface area contributed by atoms with Crippen LogP contribution in [-0.4, -0.2) is 47.7 Å². The predicted octanol–water partition coefficient (Wildman–Crippen LogP) is 3.78. The fourth-order valence-corrected chi connectivity index (χ4v) is 5.41. The third kappa shape index (κ3) is 5.86. The van der Waals surface area contributed by atoms with E-state index in [1.807, 2.05) is 12.1 Å². The Labute approximate surface area is 227 Å². The first-order chi connectivity index (χ1) is 18.6. The van der Waals surface area contributed by atoms with E-state index in [0.717, 1.165) is 38.2 Å². The van der Waals surface area contributed by atoms with Gasteiger partial charge in [0, 0.05) is 43.0 Å². The predicted molar refractivity (Wildman–Crippen MR) is 149 cm³/mol. The number of nitrogens with zero attached hydrogens (tertiary/aromatic N) is 3. The molecule has 0 spiro atoms. The number of hydrogen-bond acceptors (Lipinski definition) is 10. The summed E-state index contributed by atoms with van der Waals surface area (Å²) in [6.45, 7) is 5.34. The van der Waals surface area contributed by atoms with Crippen LogP contribution in [0.1, 0.15) is 32.3 Å². The second kappa shape index (κ2) is 10.9. The van der Waals surface area contributed by atoms with E-state index >= 15 is 0 Å². The summed E-state index contributed by atoms with van der Waals surface area (Å²) in [6, 6.07) is 16.7. The lowest BCUT2D eigenvalue weighted by atomic mass is 10.1. The summed E-state index contributed by atoms with van der Waals surface area (Å²) in [7, 11) is -3.68. The van der Waals surface area contributed by atoms with Crippen molar-refractivity contribution in [1.29, 1.82) is 0 Å². The van der Waals surface area contributed by atoms with Gasteiger partial charge in [-0.3, -0.25) is 0 Å². The van der Waals surface area contributed by atoms with Crippen molar-refractivity contribution in [3.8, 4) is 34.0 Å². The van der Waals surface area contributed by atoms with Gasteiger partial charge in [-0.05, 0) is 44.4 Å². The van der Waals surface area contributed by atoms with Crippen LogP contribution < -0.4 is 16.8 Å². The van der Waals surface area contributed by atoms with E-state index in [-0.39, 0.29) is 10.7 Å². The average Bonchev–Trinajstić information content (AvgIpc) is 3.43. The van der Waals surface area contributed by atoms with E-state index in [1.165, 1.54) is 37.7 Å². The summed E-state index contributed by atoms with van der Waals surface area (Å²) in [6.07, 6.45) is 3.60. The molecule has 0 saturated carbocycles. The molecule has 0 bridgehead atoms. The lowest BCUT2D eigenvalue weighted by Gasteiger charge is -2.23. The molecule has 204 valence electrons. The third-order valence-electron chi connectivity index (χ3n) is 6.76. The van der Waals surface area contributed by atoms with E-state index in [4.69, 9.17) is 20.7 Å². The lowest BCUT2D eigenvalue weighted by molar-refractivity contribution is 0.0776. The highest BCUT2D eigenvalue weighted by Crippen LogP contribution is 2.30. The van der Waals surface area contributed by atoms with Gasteiger partial charge in [-0.2, -0.15) is 0 Å². The lowest BCUT2D eigenvalue weighted by Crippen LogP contribution is -2.41. The number of rotatable bonds is 8. The fourth-order valence-electron chi connectivity index (χ4n) is 4.31. The fraction of sp³-hybridized carbons (Fsp3) is 0.321. The number of sulfone groups is 1. The Morgan fingerprint density at radius 1 is 1.00 bits per heavy atom. The minimum Gasteiger partial charge on any atom is -0.382 e. The van der Waals surface area contributed by atoms with Crippen LogP contribution in [0.2, 0.25) is 0 Å². The third-order valence-corrected chi connectivity index (χ3v) is 9.04. The van der Waals surface area contributed by atoms with Crippen molar-refractivity contribution in [2.24, 2.45) is 5.73 Å². The van der Waals surface area contributed by atoms with Crippen LogP contribution in [-0.2, 0) is 21.1 Å². The van der Waals surface area contributed by atoms with Crippen molar-refractivity contribution in [1.82, 2.24) is 20.4 Å². The number of aromatic nitrogens is 3. The summed E-state index contributed by atoms with van der Waals surface area (Å²) < 4.78 is 36.3. The van der Waals surface area contributed by atoms with Gasteiger partial charge in [0.2, 0.25) is 0 Å². The maximum atomic E-state index is 12.6. The first kappa shape index (κ1) is 26.9. The molecular weight excluding hydrogens is 516 g/mol. The Bertz CT molecular complexity index is 1540. The first-order valence-corrected chi connectivity index (χ1v) is 14.2. The standard InChI is InChI=1S/C28H32N6O4S/c1-28(2,30)39(35,36)22-9-7-20(8-10-22)24-17-32-27(29)26(33-24)25-15-23(34-38-25)19-5-3-18(4-6-19)16-31-21-11-13-37-14-12-21/h3-10,15,17,21,31H,11-14,16,30H2,1-2H3,(H2,29,32). The summed E-state index contributed by atoms with van der Waals surface area (Å²) >= 11 is 0. The van der Waals surface area contributed by atoms with Crippen LogP contribution in [0.3, 0.4) is 0 Å². The zero-order valence-corrected chi connectivity index (χ0v) is 22.7. The first-order valence-electron chi connectivity index (χ1n) is 12.8. The summed E-state index contributed by atoms with van der Waals surface area (Å²) in [5.41, 5.74) is 16.2. The number of nitrogens with two attached hydrogens (primary N) is 2. The monoisotopic (exact) mass is 548 g/mol. The molecule has 0 amide bonds. The molecule has 10 nitrogen and oxygen atoms in total. The molecule has 0 unspecified atom stereocenters. The molecule has 0 atom stereocenters. The van der Waals surface area contributed by atoms with E-state index < -0.39 is 14.7 Å². The van der Waals surface area contributed by atoms with Gasteiger partial charge in [-0.15, -0.1) is 0 Å². The number of anilines is 1. The topological polar surface area (TPSA) is 159 Å². The number of ether oxygens (including phenoxy) is 1. The number of benzene rings is 2. The largest absolute Gasteiger partial charge is 0.382 e. The van der Waals surface area contributed by atoms with Gasteiger partial charge in [-0.1, -0.05) is 41.6 Å². The molecule has 5 rings (SSSR count). The zero-order valence-electron chi connectivity index (χ0n) is 21.9. The van der Waals surface area contributed by atoms with E-state index in [0.29, 0.717) is 34.4 Å². The number of nitrogen functional groups attached to an aromatic ring is 1. The highest BCUT2D eigenvalue weighted by molar-refractivity contribution is 7.92. The molecule has 0 aliphatic carbocycles. The minimum absolute atomic E-state index is 0.132. The van der Waals surface area contributed by atoms with Gasteiger partial charge in [-0.25, -0.2) is 18.4 Å². The number of hydrogen-bond donors (Lipinski definition) is 3. The number of nitrogens with one attached hydrogen (secondary N) is 1. The van der Waals surface area contributed by atoms with E-state index in [2.05, 4.69) is 32.6 Å². The molecule has 0 radical (unpaired) electrons. The van der Waals surface area contributed by atoms with Crippen LogP contribution in [0.5, 0.6) is 0 Å². The molecule has 1 fully saturated rings. The van der Waals surface area contributed by atoms with E-state index in [9.17, 15) is 8.42 Å². The van der Waals surface area contributed by atoms with Gasteiger partial charge < -0.3 is 26.0 Å². The van der Waals surface area contributed by atoms with Crippen molar-refractivity contribution in [3.05, 3.63) is 66.4 Å². The molecule has 3 heterocycles. The highest BCUT2D eigenvalue weighted by atomic mass is 32.2. The summed E-state index contributed by atoms with van der Waals surface area (Å²) in [4.78, 5) is 7.64. The Hall–Kier alpha value is -3.64. The molecule has 5 N–H and O–H groups in total. The van der Waals surface area contributed by atoms with Crippen LogP contribution in [0.4, 0.5) is 5.82 Å². The highest BCUT2D eigenvalue weighted by Gasteiger charge is 2.31. The average molecular weight is 549 g/mol. The van der Waals surface area contributed by atoms with Crippen molar-refractivity contribution in [3.63, 3.8) is 0 Å². The summed E-state index contributed by atoms with van der Waals surface area (Å²) in [5.74, 6) is 0.575. The normalized spacial score (nSPS) is 14.9.